The first-order chi connectivity index (χ1) is 13.8. The summed E-state index contributed by atoms with van der Waals surface area (Å²) in [7, 11) is 3.53. The molecule has 4 aliphatic rings. The van der Waals surface area contributed by atoms with Gasteiger partial charge in [0.15, 0.2) is 11.5 Å². The number of piperidine rings is 4. The van der Waals surface area contributed by atoms with Crippen LogP contribution >= 0.6 is 12.4 Å². The minimum absolute atomic E-state index is 0. The Bertz CT molecular complexity index is 697. The van der Waals surface area contributed by atoms with Gasteiger partial charge in [-0.05, 0) is 75.1 Å². The van der Waals surface area contributed by atoms with Crippen molar-refractivity contribution < 1.29 is 9.47 Å². The third kappa shape index (κ3) is 3.77. The maximum absolute atomic E-state index is 5.80. The van der Waals surface area contributed by atoms with Crippen molar-refractivity contribution in [2.45, 2.75) is 69.5 Å². The van der Waals surface area contributed by atoms with Gasteiger partial charge in [0.2, 0.25) is 0 Å². The number of benzene rings is 1. The first-order valence-electron chi connectivity index (χ1n) is 11.5. The fraction of sp³-hybridized carbons (Fsp3) is 0.750. The van der Waals surface area contributed by atoms with Crippen LogP contribution < -0.4 is 9.47 Å². The number of nitrogens with zero attached hydrogens (tertiary/aromatic N) is 2. The van der Waals surface area contributed by atoms with E-state index >= 15 is 0 Å². The molecule has 0 amide bonds. The van der Waals surface area contributed by atoms with Crippen molar-refractivity contribution >= 4 is 12.4 Å². The van der Waals surface area contributed by atoms with E-state index < -0.39 is 0 Å². The number of rotatable bonds is 4. The van der Waals surface area contributed by atoms with Crippen molar-refractivity contribution in [2.75, 3.05) is 33.9 Å². The maximum atomic E-state index is 5.80. The van der Waals surface area contributed by atoms with E-state index in [1.165, 1.54) is 70.1 Å². The van der Waals surface area contributed by atoms with E-state index in [-0.39, 0.29) is 12.4 Å². The monoisotopic (exact) mass is 420 g/mol. The summed E-state index contributed by atoms with van der Waals surface area (Å²) in [5.41, 5.74) is 1.32. The molecule has 4 heterocycles. The number of ether oxygens (including phenoxy) is 2. The molecule has 162 valence electrons. The molecule has 0 spiro atoms. The van der Waals surface area contributed by atoms with Gasteiger partial charge >= 0.3 is 0 Å². The maximum Gasteiger partial charge on any atom is 0.163 e. The zero-order chi connectivity index (χ0) is 19.1. The molecule has 1 unspecified atom stereocenters. The summed E-state index contributed by atoms with van der Waals surface area (Å²) < 4.78 is 11.4. The predicted octanol–water partition coefficient (Wildman–Crippen LogP) is 4.40. The molecule has 4 fully saturated rings. The number of methoxy groups -OCH3 is 2. The first-order valence-corrected chi connectivity index (χ1v) is 11.5. The van der Waals surface area contributed by atoms with Crippen LogP contribution in [0.5, 0.6) is 11.5 Å². The topological polar surface area (TPSA) is 24.9 Å². The number of halogens is 1. The standard InChI is InChI=1S/C24H36N2O2.ClH/c1-27-23-11-7-8-17(24(23)28-2)15-22-19-14-18(20-9-4-6-13-26(20)22)16-25-12-5-3-10-21(19)25;/h7-8,11,18-22H,3-6,9-10,12-16H2,1-2H3;1H/t18-,19+,20-,21+,22?;/m0./s1. The van der Waals surface area contributed by atoms with Gasteiger partial charge in [-0.2, -0.15) is 0 Å². The van der Waals surface area contributed by atoms with E-state index in [9.17, 15) is 0 Å². The molecule has 1 aromatic carbocycles. The molecule has 0 radical (unpaired) electrons. The summed E-state index contributed by atoms with van der Waals surface area (Å²) in [6.45, 7) is 3.98. The van der Waals surface area contributed by atoms with Crippen LogP contribution in [0.2, 0.25) is 0 Å². The lowest BCUT2D eigenvalue weighted by Crippen LogP contribution is -2.67. The predicted molar refractivity (Wildman–Crippen MR) is 119 cm³/mol. The van der Waals surface area contributed by atoms with Crippen molar-refractivity contribution in [3.05, 3.63) is 23.8 Å². The fourth-order valence-electron chi connectivity index (χ4n) is 7.06. The molecule has 5 rings (SSSR count). The van der Waals surface area contributed by atoms with Crippen LogP contribution in [0.3, 0.4) is 0 Å². The van der Waals surface area contributed by atoms with E-state index in [4.69, 9.17) is 9.47 Å². The molecule has 1 aromatic rings. The van der Waals surface area contributed by atoms with Crippen LogP contribution in [0.4, 0.5) is 0 Å². The molecule has 0 aromatic heterocycles. The molecular weight excluding hydrogens is 384 g/mol. The number of hydrogen-bond acceptors (Lipinski definition) is 4. The highest BCUT2D eigenvalue weighted by molar-refractivity contribution is 5.85. The average Bonchev–Trinajstić information content (AvgIpc) is 2.76. The Morgan fingerprint density at radius 2 is 1.76 bits per heavy atom. The molecule has 29 heavy (non-hydrogen) atoms. The molecule has 2 bridgehead atoms. The Labute approximate surface area is 182 Å². The molecular formula is C24H37ClN2O2. The van der Waals surface area contributed by atoms with Crippen LogP contribution in [0.25, 0.3) is 0 Å². The number of para-hydroxylation sites is 1. The minimum atomic E-state index is 0. The second kappa shape index (κ2) is 9.03. The molecule has 4 nitrogen and oxygen atoms in total. The van der Waals surface area contributed by atoms with Gasteiger partial charge < -0.3 is 9.47 Å². The largest absolute Gasteiger partial charge is 0.493 e. The molecule has 4 aliphatic heterocycles. The van der Waals surface area contributed by atoms with Gasteiger partial charge in [-0.25, -0.2) is 0 Å². The summed E-state index contributed by atoms with van der Waals surface area (Å²) in [6.07, 6.45) is 11.0. The van der Waals surface area contributed by atoms with Crippen LogP contribution in [0.15, 0.2) is 18.2 Å². The second-order valence-electron chi connectivity index (χ2n) is 9.44. The van der Waals surface area contributed by atoms with Gasteiger partial charge in [-0.1, -0.05) is 25.0 Å². The Balaban J connectivity index is 0.00000205. The highest BCUT2D eigenvalue weighted by Gasteiger charge is 2.51. The van der Waals surface area contributed by atoms with E-state index in [0.29, 0.717) is 6.04 Å². The zero-order valence-electron chi connectivity index (χ0n) is 18.0. The fourth-order valence-corrected chi connectivity index (χ4v) is 7.06. The lowest BCUT2D eigenvalue weighted by Gasteiger charge is -2.60. The minimum Gasteiger partial charge on any atom is -0.493 e. The highest BCUT2D eigenvalue weighted by Crippen LogP contribution is 2.47. The van der Waals surface area contributed by atoms with Crippen molar-refractivity contribution in [3.63, 3.8) is 0 Å². The van der Waals surface area contributed by atoms with Crippen molar-refractivity contribution in [1.82, 2.24) is 9.80 Å². The van der Waals surface area contributed by atoms with E-state index in [1.807, 2.05) is 6.07 Å². The summed E-state index contributed by atoms with van der Waals surface area (Å²) >= 11 is 0. The van der Waals surface area contributed by atoms with Gasteiger partial charge in [0.25, 0.3) is 0 Å². The molecule has 0 aliphatic carbocycles. The van der Waals surface area contributed by atoms with Gasteiger partial charge in [0.1, 0.15) is 0 Å². The van der Waals surface area contributed by atoms with Crippen molar-refractivity contribution in [1.29, 1.82) is 0 Å². The normalized spacial score (nSPS) is 34.5. The summed E-state index contributed by atoms with van der Waals surface area (Å²) in [6, 6.07) is 8.65. The Morgan fingerprint density at radius 3 is 2.55 bits per heavy atom. The lowest BCUT2D eigenvalue weighted by molar-refractivity contribution is -0.106. The Morgan fingerprint density at radius 1 is 0.966 bits per heavy atom. The van der Waals surface area contributed by atoms with Crippen LogP contribution in [-0.4, -0.2) is 61.8 Å². The SMILES string of the molecule is COc1cccc(CC2[C@@H]3C[C@@H](CN4CCCC[C@H]34)[C@@H]3CCCCN23)c1OC.Cl. The highest BCUT2D eigenvalue weighted by atomic mass is 35.5. The van der Waals surface area contributed by atoms with Gasteiger partial charge in [0, 0.05) is 24.7 Å². The van der Waals surface area contributed by atoms with Crippen molar-refractivity contribution in [2.24, 2.45) is 11.8 Å². The molecule has 0 N–H and O–H groups in total. The Kier molecular flexibility index (Phi) is 6.62. The first kappa shape index (κ1) is 21.3. The average molecular weight is 421 g/mol. The smallest absolute Gasteiger partial charge is 0.163 e. The lowest BCUT2D eigenvalue weighted by atomic mass is 9.66. The van der Waals surface area contributed by atoms with Gasteiger partial charge in [-0.3, -0.25) is 9.80 Å². The Hall–Kier alpha value is -0.970. The molecule has 4 saturated heterocycles. The van der Waals surface area contributed by atoms with Crippen molar-refractivity contribution in [3.8, 4) is 11.5 Å². The molecule has 0 saturated carbocycles. The van der Waals surface area contributed by atoms with Gasteiger partial charge in [-0.15, -0.1) is 12.4 Å². The van der Waals surface area contributed by atoms with E-state index in [0.717, 1.165) is 41.8 Å². The third-order valence-electron chi connectivity index (χ3n) is 8.17. The summed E-state index contributed by atoms with van der Waals surface area (Å²) in [5, 5.41) is 0. The zero-order valence-corrected chi connectivity index (χ0v) is 18.8. The van der Waals surface area contributed by atoms with Crippen LogP contribution in [-0.2, 0) is 6.42 Å². The third-order valence-corrected chi connectivity index (χ3v) is 8.17. The van der Waals surface area contributed by atoms with E-state index in [1.54, 1.807) is 14.2 Å². The van der Waals surface area contributed by atoms with Crippen LogP contribution in [0.1, 0.15) is 50.5 Å². The molecule has 5 heteroatoms. The van der Waals surface area contributed by atoms with E-state index in [2.05, 4.69) is 21.9 Å². The number of fused-ring (bicyclic) bond motifs is 6. The van der Waals surface area contributed by atoms with Gasteiger partial charge in [0.05, 0.1) is 14.2 Å². The quantitative estimate of drug-likeness (QED) is 0.720. The summed E-state index contributed by atoms with van der Waals surface area (Å²) in [4.78, 5) is 5.82. The number of hydrogen-bond donors (Lipinski definition) is 0. The molecule has 5 atom stereocenters. The summed E-state index contributed by atoms with van der Waals surface area (Å²) in [5.74, 6) is 3.51. The second-order valence-corrected chi connectivity index (χ2v) is 9.44. The van der Waals surface area contributed by atoms with Crippen LogP contribution in [0, 0.1) is 11.8 Å².